The maximum Gasteiger partial charge on any atom is 0.222 e. The topological polar surface area (TPSA) is 77.3 Å². The van der Waals surface area contributed by atoms with Crippen LogP contribution < -0.4 is 4.74 Å². The molecular formula is C23H26N4O3. The zero-order valence-electron chi connectivity index (χ0n) is 17.2. The molecular weight excluding hydrogens is 380 g/mol. The van der Waals surface area contributed by atoms with E-state index in [-0.39, 0.29) is 17.6 Å². The molecule has 0 radical (unpaired) electrons. The van der Waals surface area contributed by atoms with Crippen LogP contribution in [0.5, 0.6) is 5.75 Å². The summed E-state index contributed by atoms with van der Waals surface area (Å²) in [5, 5.41) is 6.11. The average molecular weight is 406 g/mol. The Balaban J connectivity index is 1.38. The van der Waals surface area contributed by atoms with E-state index in [1.165, 1.54) is 6.33 Å². The third-order valence-electron chi connectivity index (χ3n) is 5.72. The van der Waals surface area contributed by atoms with Gasteiger partial charge in [0.05, 0.1) is 7.11 Å². The molecule has 1 aliphatic heterocycles. The third-order valence-corrected chi connectivity index (χ3v) is 5.72. The molecule has 1 saturated heterocycles. The quantitative estimate of drug-likeness (QED) is 0.563. The predicted octanol–water partition coefficient (Wildman–Crippen LogP) is 3.34. The van der Waals surface area contributed by atoms with Crippen LogP contribution in [0.3, 0.4) is 0 Å². The second kappa shape index (κ2) is 9.07. The number of rotatable bonds is 7. The van der Waals surface area contributed by atoms with Crippen molar-refractivity contribution in [3.63, 3.8) is 0 Å². The number of benzene rings is 2. The van der Waals surface area contributed by atoms with Crippen LogP contribution in [0.2, 0.25) is 0 Å². The van der Waals surface area contributed by atoms with E-state index in [4.69, 9.17) is 4.74 Å². The van der Waals surface area contributed by atoms with Crippen molar-refractivity contribution >= 4 is 22.5 Å². The molecule has 1 fully saturated rings. The summed E-state index contributed by atoms with van der Waals surface area (Å²) in [7, 11) is 1.64. The second-order valence-corrected chi connectivity index (χ2v) is 7.73. The number of ether oxygens (including phenoxy) is 1. The molecule has 1 unspecified atom stereocenters. The van der Waals surface area contributed by atoms with E-state index in [2.05, 4.69) is 10.1 Å². The van der Waals surface area contributed by atoms with E-state index in [0.717, 1.165) is 35.9 Å². The monoisotopic (exact) mass is 406 g/mol. The molecule has 1 amide bonds. The van der Waals surface area contributed by atoms with Gasteiger partial charge in [-0.2, -0.15) is 5.10 Å². The molecule has 2 heterocycles. The van der Waals surface area contributed by atoms with E-state index < -0.39 is 0 Å². The normalized spacial score (nSPS) is 16.6. The molecule has 0 aliphatic carbocycles. The van der Waals surface area contributed by atoms with Crippen molar-refractivity contribution in [3.05, 3.63) is 54.6 Å². The number of likely N-dealkylation sites (tertiary alicyclic amines) is 1. The van der Waals surface area contributed by atoms with Gasteiger partial charge in [0.25, 0.3) is 0 Å². The van der Waals surface area contributed by atoms with E-state index >= 15 is 0 Å². The molecule has 4 rings (SSSR count). The summed E-state index contributed by atoms with van der Waals surface area (Å²) in [6.07, 6.45) is 5.99. The molecule has 1 aromatic heterocycles. The highest BCUT2D eigenvalue weighted by molar-refractivity contribution is 6.01. The summed E-state index contributed by atoms with van der Waals surface area (Å²) in [5.74, 6) is 0.881. The fourth-order valence-electron chi connectivity index (χ4n) is 4.06. The number of carbonyl (C=O) groups excluding carboxylic acids is 2. The highest BCUT2D eigenvalue weighted by atomic mass is 16.5. The molecule has 156 valence electrons. The van der Waals surface area contributed by atoms with Crippen LogP contribution in [0, 0.1) is 5.92 Å². The molecule has 30 heavy (non-hydrogen) atoms. The van der Waals surface area contributed by atoms with Crippen molar-refractivity contribution in [2.45, 2.75) is 32.2 Å². The van der Waals surface area contributed by atoms with Crippen LogP contribution in [0.1, 0.15) is 36.0 Å². The molecule has 1 atom stereocenters. The summed E-state index contributed by atoms with van der Waals surface area (Å²) in [4.78, 5) is 31.5. The Morgan fingerprint density at radius 3 is 2.80 bits per heavy atom. The Hall–Kier alpha value is -3.22. The minimum Gasteiger partial charge on any atom is -0.497 e. The van der Waals surface area contributed by atoms with Gasteiger partial charge in [0.2, 0.25) is 5.91 Å². The molecule has 1 aliphatic rings. The maximum absolute atomic E-state index is 13.1. The lowest BCUT2D eigenvalue weighted by molar-refractivity contribution is -0.132. The largest absolute Gasteiger partial charge is 0.497 e. The Morgan fingerprint density at radius 2 is 2.00 bits per heavy atom. The van der Waals surface area contributed by atoms with E-state index in [9.17, 15) is 9.59 Å². The number of methoxy groups -OCH3 is 1. The van der Waals surface area contributed by atoms with Gasteiger partial charge >= 0.3 is 0 Å². The molecule has 0 bridgehead atoms. The molecule has 3 aromatic rings. The van der Waals surface area contributed by atoms with Gasteiger partial charge in [-0.15, -0.1) is 0 Å². The number of nitrogens with zero attached hydrogens (tertiary/aromatic N) is 4. The highest BCUT2D eigenvalue weighted by Crippen LogP contribution is 2.26. The molecule has 0 spiro atoms. The van der Waals surface area contributed by atoms with Crippen molar-refractivity contribution in [2.24, 2.45) is 5.92 Å². The van der Waals surface area contributed by atoms with E-state index in [0.29, 0.717) is 31.5 Å². The van der Waals surface area contributed by atoms with Crippen molar-refractivity contribution in [3.8, 4) is 5.75 Å². The molecule has 2 aromatic carbocycles. The van der Waals surface area contributed by atoms with Gasteiger partial charge < -0.3 is 9.64 Å². The number of carbonyl (C=O) groups is 2. The fraction of sp³-hybridized carbons (Fsp3) is 0.391. The first-order valence-corrected chi connectivity index (χ1v) is 10.4. The zero-order chi connectivity index (χ0) is 20.9. The first-order valence-electron chi connectivity index (χ1n) is 10.4. The van der Waals surface area contributed by atoms with Gasteiger partial charge in [0, 0.05) is 37.5 Å². The minimum atomic E-state index is -0.145. The number of hydrogen-bond donors (Lipinski definition) is 0. The van der Waals surface area contributed by atoms with Crippen molar-refractivity contribution < 1.29 is 14.3 Å². The summed E-state index contributed by atoms with van der Waals surface area (Å²) >= 11 is 0. The summed E-state index contributed by atoms with van der Waals surface area (Å²) in [6.45, 7) is 1.90. The molecule has 7 heteroatoms. The number of amides is 1. The number of fused-ring (bicyclic) bond motifs is 1. The van der Waals surface area contributed by atoms with Gasteiger partial charge in [-0.1, -0.05) is 18.2 Å². The molecule has 0 N–H and O–H groups in total. The van der Waals surface area contributed by atoms with Crippen LogP contribution in [-0.4, -0.2) is 51.6 Å². The summed E-state index contributed by atoms with van der Waals surface area (Å²) in [5.41, 5.74) is 0.707. The van der Waals surface area contributed by atoms with Gasteiger partial charge in [0.15, 0.2) is 5.78 Å². The highest BCUT2D eigenvalue weighted by Gasteiger charge is 2.28. The van der Waals surface area contributed by atoms with Crippen LogP contribution in [0.15, 0.2) is 49.1 Å². The van der Waals surface area contributed by atoms with Gasteiger partial charge in [-0.05, 0) is 48.2 Å². The van der Waals surface area contributed by atoms with Gasteiger partial charge in [-0.25, -0.2) is 4.98 Å². The van der Waals surface area contributed by atoms with Crippen molar-refractivity contribution in [1.82, 2.24) is 19.7 Å². The summed E-state index contributed by atoms with van der Waals surface area (Å²) in [6, 6.07) is 11.6. The van der Waals surface area contributed by atoms with E-state index in [1.807, 2.05) is 41.3 Å². The van der Waals surface area contributed by atoms with Crippen molar-refractivity contribution in [1.29, 1.82) is 0 Å². The summed E-state index contributed by atoms with van der Waals surface area (Å²) < 4.78 is 6.99. The van der Waals surface area contributed by atoms with Gasteiger partial charge in [-0.3, -0.25) is 14.3 Å². The number of aryl methyl sites for hydroxylation is 1. The SMILES string of the molecule is COc1ccc2cc(C(=O)C3CCCN(C(=O)CCCn4cncn4)C3)ccc2c1. The Morgan fingerprint density at radius 1 is 1.17 bits per heavy atom. The molecule has 7 nitrogen and oxygen atoms in total. The minimum absolute atomic E-state index is 0.109. The number of ketones is 1. The number of hydrogen-bond acceptors (Lipinski definition) is 5. The van der Waals surface area contributed by atoms with Crippen LogP contribution in [0.25, 0.3) is 10.8 Å². The first kappa shape index (κ1) is 20.1. The van der Waals surface area contributed by atoms with Crippen LogP contribution in [-0.2, 0) is 11.3 Å². The Labute approximate surface area is 175 Å². The average Bonchev–Trinajstić information content (AvgIpc) is 3.31. The predicted molar refractivity (Wildman–Crippen MR) is 113 cm³/mol. The first-order chi connectivity index (χ1) is 14.6. The molecule has 0 saturated carbocycles. The zero-order valence-corrected chi connectivity index (χ0v) is 17.2. The van der Waals surface area contributed by atoms with Gasteiger partial charge in [0.1, 0.15) is 18.4 Å². The number of piperidine rings is 1. The Bertz CT molecular complexity index is 1030. The standard InChI is InChI=1S/C23H26N4O3/c1-30-21-9-8-17-12-19(7-6-18(17)13-21)23(29)20-4-2-10-26(14-20)22(28)5-3-11-27-16-24-15-25-27/h6-9,12-13,15-16,20H,2-5,10-11,14H2,1H3. The number of Topliss-reactive ketones (excluding diaryl/α,β-unsaturated/α-hetero) is 1. The lowest BCUT2D eigenvalue weighted by atomic mass is 9.89. The van der Waals surface area contributed by atoms with Crippen LogP contribution >= 0.6 is 0 Å². The van der Waals surface area contributed by atoms with E-state index in [1.54, 1.807) is 18.1 Å². The lowest BCUT2D eigenvalue weighted by Crippen LogP contribution is -2.42. The smallest absolute Gasteiger partial charge is 0.222 e. The van der Waals surface area contributed by atoms with Crippen molar-refractivity contribution in [2.75, 3.05) is 20.2 Å². The third kappa shape index (κ3) is 4.50. The second-order valence-electron chi connectivity index (χ2n) is 7.73. The Kier molecular flexibility index (Phi) is 6.07. The number of aromatic nitrogens is 3. The maximum atomic E-state index is 13.1. The fourth-order valence-corrected chi connectivity index (χ4v) is 4.06. The van der Waals surface area contributed by atoms with Crippen LogP contribution in [0.4, 0.5) is 0 Å². The lowest BCUT2D eigenvalue weighted by Gasteiger charge is -2.32.